The zero-order valence-corrected chi connectivity index (χ0v) is 13.8. The number of para-hydroxylation sites is 1. The van der Waals surface area contributed by atoms with Crippen LogP contribution in [0.15, 0.2) is 24.3 Å². The Labute approximate surface area is 134 Å². The largest absolute Gasteiger partial charge is 0.316 e. The second-order valence-corrected chi connectivity index (χ2v) is 7.08. The highest BCUT2D eigenvalue weighted by molar-refractivity contribution is 5.94. The number of hydrogen-bond acceptors (Lipinski definition) is 2. The molecule has 3 heteroatoms. The van der Waals surface area contributed by atoms with Crippen molar-refractivity contribution in [2.45, 2.75) is 45.4 Å². The molecule has 1 saturated heterocycles. The van der Waals surface area contributed by atoms with Gasteiger partial charge in [0, 0.05) is 18.7 Å². The van der Waals surface area contributed by atoms with E-state index in [0.717, 1.165) is 31.7 Å². The highest BCUT2D eigenvalue weighted by Gasteiger charge is 2.29. The molecular formula is C19H28N2O. The van der Waals surface area contributed by atoms with Crippen molar-refractivity contribution in [2.75, 3.05) is 24.5 Å². The van der Waals surface area contributed by atoms with Gasteiger partial charge in [0.1, 0.15) is 0 Å². The summed E-state index contributed by atoms with van der Waals surface area (Å²) in [7, 11) is 0. The Morgan fingerprint density at radius 1 is 1.36 bits per heavy atom. The number of carbonyl (C=O) groups excluding carboxylic acids is 1. The number of carbonyl (C=O) groups is 1. The quantitative estimate of drug-likeness (QED) is 0.926. The van der Waals surface area contributed by atoms with Gasteiger partial charge in [0.05, 0.1) is 0 Å². The van der Waals surface area contributed by atoms with Crippen LogP contribution in [-0.2, 0) is 4.79 Å². The molecule has 3 unspecified atom stereocenters. The fourth-order valence-electron chi connectivity index (χ4n) is 3.92. The lowest BCUT2D eigenvalue weighted by Crippen LogP contribution is -2.39. The van der Waals surface area contributed by atoms with Gasteiger partial charge < -0.3 is 10.2 Å². The van der Waals surface area contributed by atoms with Crippen LogP contribution in [-0.4, -0.2) is 25.5 Å². The van der Waals surface area contributed by atoms with Gasteiger partial charge in [-0.25, -0.2) is 0 Å². The van der Waals surface area contributed by atoms with Gasteiger partial charge in [0.15, 0.2) is 0 Å². The minimum atomic E-state index is 0.303. The standard InChI is InChI=1S/C19H28N2O/c1-14-9-11-21(18-8-4-3-7-17(14)18)19(22)12-15(2)16-6-5-10-20-13-16/h3-4,7-8,14-16,20H,5-6,9-13H2,1-2H3. The summed E-state index contributed by atoms with van der Waals surface area (Å²) in [6.07, 6.45) is 4.25. The summed E-state index contributed by atoms with van der Waals surface area (Å²) in [5, 5.41) is 3.47. The van der Waals surface area contributed by atoms with E-state index in [-0.39, 0.29) is 0 Å². The Balaban J connectivity index is 1.69. The third kappa shape index (κ3) is 3.19. The molecule has 1 amide bonds. The van der Waals surface area contributed by atoms with Gasteiger partial charge in [-0.05, 0) is 61.7 Å². The van der Waals surface area contributed by atoms with Gasteiger partial charge >= 0.3 is 0 Å². The number of amides is 1. The summed E-state index contributed by atoms with van der Waals surface area (Å²) >= 11 is 0. The highest BCUT2D eigenvalue weighted by atomic mass is 16.2. The Bertz CT molecular complexity index is 522. The van der Waals surface area contributed by atoms with E-state index in [1.807, 2.05) is 11.0 Å². The molecule has 3 atom stereocenters. The molecule has 0 aliphatic carbocycles. The summed E-state index contributed by atoms with van der Waals surface area (Å²) in [6, 6.07) is 8.41. The first-order chi connectivity index (χ1) is 10.7. The van der Waals surface area contributed by atoms with E-state index in [1.54, 1.807) is 0 Å². The van der Waals surface area contributed by atoms with Crippen molar-refractivity contribution in [1.29, 1.82) is 0 Å². The smallest absolute Gasteiger partial charge is 0.227 e. The fraction of sp³-hybridized carbons (Fsp3) is 0.632. The highest BCUT2D eigenvalue weighted by Crippen LogP contribution is 2.35. The van der Waals surface area contributed by atoms with Crippen molar-refractivity contribution in [2.24, 2.45) is 11.8 Å². The average molecular weight is 300 g/mol. The van der Waals surface area contributed by atoms with Gasteiger partial charge in [-0.2, -0.15) is 0 Å². The number of hydrogen-bond donors (Lipinski definition) is 1. The SMILES string of the molecule is CC1CCN(C(=O)CC(C)C2CCCNC2)c2ccccc21. The van der Waals surface area contributed by atoms with E-state index in [0.29, 0.717) is 30.1 Å². The van der Waals surface area contributed by atoms with Crippen LogP contribution < -0.4 is 10.2 Å². The van der Waals surface area contributed by atoms with Crippen molar-refractivity contribution < 1.29 is 4.79 Å². The first-order valence-electron chi connectivity index (χ1n) is 8.77. The Morgan fingerprint density at radius 2 is 2.18 bits per heavy atom. The molecule has 0 bridgehead atoms. The summed E-state index contributed by atoms with van der Waals surface area (Å²) in [5.41, 5.74) is 2.47. The summed E-state index contributed by atoms with van der Waals surface area (Å²) < 4.78 is 0. The molecule has 3 nitrogen and oxygen atoms in total. The zero-order chi connectivity index (χ0) is 15.5. The topological polar surface area (TPSA) is 32.3 Å². The predicted molar refractivity (Wildman–Crippen MR) is 91.2 cm³/mol. The monoisotopic (exact) mass is 300 g/mol. The van der Waals surface area contributed by atoms with E-state index >= 15 is 0 Å². The lowest BCUT2D eigenvalue weighted by atomic mass is 9.84. The van der Waals surface area contributed by atoms with Gasteiger partial charge in [-0.15, -0.1) is 0 Å². The number of benzene rings is 1. The first kappa shape index (κ1) is 15.5. The second-order valence-electron chi connectivity index (χ2n) is 7.08. The number of piperidine rings is 1. The van der Waals surface area contributed by atoms with Gasteiger partial charge in [0.25, 0.3) is 0 Å². The van der Waals surface area contributed by atoms with Crippen LogP contribution in [0.1, 0.15) is 51.0 Å². The lowest BCUT2D eigenvalue weighted by molar-refractivity contribution is -0.119. The van der Waals surface area contributed by atoms with Crippen molar-refractivity contribution in [3.8, 4) is 0 Å². The molecule has 0 radical (unpaired) electrons. The molecule has 0 aromatic heterocycles. The van der Waals surface area contributed by atoms with Crippen molar-refractivity contribution >= 4 is 11.6 Å². The number of nitrogens with zero attached hydrogens (tertiary/aromatic N) is 1. The number of fused-ring (bicyclic) bond motifs is 1. The number of nitrogens with one attached hydrogen (secondary N) is 1. The molecule has 2 heterocycles. The van der Waals surface area contributed by atoms with Gasteiger partial charge in [-0.1, -0.05) is 32.0 Å². The predicted octanol–water partition coefficient (Wildman–Crippen LogP) is 3.55. The minimum absolute atomic E-state index is 0.303. The minimum Gasteiger partial charge on any atom is -0.316 e. The number of rotatable bonds is 3. The van der Waals surface area contributed by atoms with Crippen LogP contribution in [0, 0.1) is 11.8 Å². The maximum Gasteiger partial charge on any atom is 0.227 e. The molecule has 0 saturated carbocycles. The van der Waals surface area contributed by atoms with Crippen LogP contribution >= 0.6 is 0 Å². The molecule has 2 aliphatic rings. The van der Waals surface area contributed by atoms with Crippen LogP contribution in [0.4, 0.5) is 5.69 Å². The third-order valence-electron chi connectivity index (χ3n) is 5.48. The molecule has 0 spiro atoms. The molecule has 1 aromatic carbocycles. The van der Waals surface area contributed by atoms with Crippen molar-refractivity contribution in [3.05, 3.63) is 29.8 Å². The van der Waals surface area contributed by atoms with Gasteiger partial charge in [-0.3, -0.25) is 4.79 Å². The first-order valence-corrected chi connectivity index (χ1v) is 8.77. The van der Waals surface area contributed by atoms with E-state index in [2.05, 4.69) is 37.4 Å². The zero-order valence-electron chi connectivity index (χ0n) is 13.8. The Morgan fingerprint density at radius 3 is 2.95 bits per heavy atom. The summed E-state index contributed by atoms with van der Waals surface area (Å²) in [4.78, 5) is 14.9. The van der Waals surface area contributed by atoms with E-state index in [1.165, 1.54) is 18.4 Å². The van der Waals surface area contributed by atoms with Gasteiger partial charge in [0.2, 0.25) is 5.91 Å². The Kier molecular flexibility index (Phi) is 4.82. The van der Waals surface area contributed by atoms with E-state index in [4.69, 9.17) is 0 Å². The third-order valence-corrected chi connectivity index (χ3v) is 5.48. The normalized spacial score (nSPS) is 26.4. The van der Waals surface area contributed by atoms with Crippen molar-refractivity contribution in [3.63, 3.8) is 0 Å². The van der Waals surface area contributed by atoms with E-state index < -0.39 is 0 Å². The molecular weight excluding hydrogens is 272 g/mol. The Hall–Kier alpha value is -1.35. The van der Waals surface area contributed by atoms with Crippen molar-refractivity contribution in [1.82, 2.24) is 5.32 Å². The lowest BCUT2D eigenvalue weighted by Gasteiger charge is -2.35. The van der Waals surface area contributed by atoms with Crippen LogP contribution in [0.3, 0.4) is 0 Å². The molecule has 22 heavy (non-hydrogen) atoms. The molecule has 1 fully saturated rings. The molecule has 1 aromatic rings. The fourth-order valence-corrected chi connectivity index (χ4v) is 3.92. The van der Waals surface area contributed by atoms with Crippen LogP contribution in [0.5, 0.6) is 0 Å². The maximum atomic E-state index is 12.8. The summed E-state index contributed by atoms with van der Waals surface area (Å²) in [5.74, 6) is 1.97. The molecule has 3 rings (SSSR count). The second kappa shape index (κ2) is 6.82. The van der Waals surface area contributed by atoms with Crippen LogP contribution in [0.25, 0.3) is 0 Å². The average Bonchev–Trinajstić information content (AvgIpc) is 2.56. The summed E-state index contributed by atoms with van der Waals surface area (Å²) in [6.45, 7) is 7.58. The molecule has 1 N–H and O–H groups in total. The maximum absolute atomic E-state index is 12.8. The van der Waals surface area contributed by atoms with E-state index in [9.17, 15) is 4.79 Å². The van der Waals surface area contributed by atoms with Crippen LogP contribution in [0.2, 0.25) is 0 Å². The number of anilines is 1. The molecule has 120 valence electrons. The molecule has 2 aliphatic heterocycles.